The van der Waals surface area contributed by atoms with E-state index >= 15 is 0 Å². The molecule has 0 spiro atoms. The number of rotatable bonds is 15. The lowest BCUT2D eigenvalue weighted by Gasteiger charge is -2.11. The maximum Gasteiger partial charge on any atom is 0.304 e. The lowest BCUT2D eigenvalue weighted by molar-refractivity contribution is 0.155. The summed E-state index contributed by atoms with van der Waals surface area (Å²) in [6.07, 6.45) is 4.93. The summed E-state index contributed by atoms with van der Waals surface area (Å²) >= 11 is 27.4. The van der Waals surface area contributed by atoms with Crippen molar-refractivity contribution in [2.45, 2.75) is 84.8 Å². The van der Waals surface area contributed by atoms with Gasteiger partial charge in [0.05, 0.1) is 56.4 Å². The maximum atomic E-state index is 11.9. The number of aliphatic hydroxyl groups is 2. The van der Waals surface area contributed by atoms with Crippen molar-refractivity contribution in [3.63, 3.8) is 0 Å². The Bertz CT molecular complexity index is 2620. The fourth-order valence-electron chi connectivity index (χ4n) is 7.73. The van der Waals surface area contributed by atoms with Crippen LogP contribution < -0.4 is 0 Å². The summed E-state index contributed by atoms with van der Waals surface area (Å²) in [6, 6.07) is 12.8. The Labute approximate surface area is 362 Å². The van der Waals surface area contributed by atoms with E-state index in [-0.39, 0.29) is 8.42 Å². The molecule has 0 aliphatic heterocycles. The van der Waals surface area contributed by atoms with Gasteiger partial charge in [-0.2, -0.15) is 27.0 Å². The third-order valence-electron chi connectivity index (χ3n) is 10.4. The van der Waals surface area contributed by atoms with Gasteiger partial charge in [0.25, 0.3) is 0 Å². The van der Waals surface area contributed by atoms with Crippen LogP contribution in [0.4, 0.5) is 0 Å². The molecule has 58 heavy (non-hydrogen) atoms. The maximum absolute atomic E-state index is 11.9. The molecule has 0 saturated carbocycles. The predicted molar refractivity (Wildman–Crippen MR) is 226 cm³/mol. The molecular formula is C38H34Cl4N4O8S4. The van der Waals surface area contributed by atoms with Gasteiger partial charge in [-0.3, -0.25) is 9.11 Å². The number of benzene rings is 2. The second kappa shape index (κ2) is 16.2. The largest absolute Gasteiger partial charge is 0.387 e. The zero-order valence-corrected chi connectivity index (χ0v) is 36.5. The first kappa shape index (κ1) is 41.9. The molecule has 306 valence electrons. The lowest BCUT2D eigenvalue weighted by atomic mass is 10.0. The van der Waals surface area contributed by atoms with Gasteiger partial charge >= 0.3 is 20.2 Å². The number of thiophene rings is 2. The van der Waals surface area contributed by atoms with Crippen LogP contribution in [0, 0.1) is 0 Å². The highest BCUT2D eigenvalue weighted by atomic mass is 35.5. The van der Waals surface area contributed by atoms with E-state index in [0.29, 0.717) is 91.1 Å². The van der Waals surface area contributed by atoms with Crippen LogP contribution in [0.5, 0.6) is 0 Å². The lowest BCUT2D eigenvalue weighted by Crippen LogP contribution is -2.05. The number of aliphatic hydroxyl groups excluding tert-OH is 2. The van der Waals surface area contributed by atoms with E-state index in [0.717, 1.165) is 82.1 Å². The number of unbranched alkanes of at least 4 members (excludes halogenated alkanes) is 5. The quantitative estimate of drug-likeness (QED) is 0.0570. The third-order valence-corrected chi connectivity index (χ3v) is 16.4. The summed E-state index contributed by atoms with van der Waals surface area (Å²) in [5.41, 5.74) is 6.06. The van der Waals surface area contributed by atoms with Gasteiger partial charge in [-0.1, -0.05) is 84.9 Å². The minimum atomic E-state index is -4.40. The summed E-state index contributed by atoms with van der Waals surface area (Å²) in [5, 5.41) is 33.8. The Hall–Kier alpha value is -2.84. The molecule has 4 heterocycles. The number of aromatic nitrogens is 4. The van der Waals surface area contributed by atoms with E-state index in [1.807, 2.05) is 0 Å². The number of hydrogen-bond donors (Lipinski definition) is 4. The Balaban J connectivity index is 0.885. The Morgan fingerprint density at radius 1 is 0.603 bits per heavy atom. The molecule has 0 bridgehead atoms. The normalized spacial score (nSPS) is 14.4. The van der Waals surface area contributed by atoms with E-state index in [2.05, 4.69) is 0 Å². The Morgan fingerprint density at radius 3 is 1.34 bits per heavy atom. The van der Waals surface area contributed by atoms with Crippen LogP contribution in [0.25, 0.3) is 33.9 Å². The van der Waals surface area contributed by atoms with Gasteiger partial charge in [0.15, 0.2) is 0 Å². The van der Waals surface area contributed by atoms with Crippen LogP contribution in [-0.2, 0) is 33.1 Å². The zero-order valence-electron chi connectivity index (χ0n) is 30.2. The van der Waals surface area contributed by atoms with Gasteiger partial charge in [0.2, 0.25) is 0 Å². The second-order valence-electron chi connectivity index (χ2n) is 14.3. The standard InChI is InChI=1S/C38H34Cl4N4O8S4/c39-19-9-11-27(25(41)13-19)45-37-21-17-33(57(49,50)51)55-31(21)15-23(37)35(43-45)29(47)7-5-3-1-2-4-6-8-30(48)36-24-16-32-22(18-34(56-32)58(52,53)54)38(24)46(44-36)28-12-10-20(40)14-26(28)42/h9-14,17-18,29-30,47-48H,1-8,15-16H2,(H,49,50,51)(H,52,53,54). The van der Waals surface area contributed by atoms with Crippen molar-refractivity contribution in [1.29, 1.82) is 0 Å². The van der Waals surface area contributed by atoms with Crippen LogP contribution >= 0.6 is 69.1 Å². The number of fused-ring (bicyclic) bond motifs is 6. The van der Waals surface area contributed by atoms with Gasteiger partial charge in [-0.05, 0) is 61.4 Å². The first-order chi connectivity index (χ1) is 27.5. The van der Waals surface area contributed by atoms with Crippen LogP contribution in [0.2, 0.25) is 20.1 Å². The highest BCUT2D eigenvalue weighted by Gasteiger charge is 2.36. The topological polar surface area (TPSA) is 185 Å². The predicted octanol–water partition coefficient (Wildman–Crippen LogP) is 10.3. The molecule has 2 aliphatic carbocycles. The molecule has 2 atom stereocenters. The highest BCUT2D eigenvalue weighted by molar-refractivity contribution is 7.88. The molecule has 0 saturated heterocycles. The summed E-state index contributed by atoms with van der Waals surface area (Å²) < 4.78 is 69.9. The molecule has 4 N–H and O–H groups in total. The molecule has 6 aromatic rings. The summed E-state index contributed by atoms with van der Waals surface area (Å²) in [4.78, 5) is 1.48. The molecule has 12 nitrogen and oxygen atoms in total. The molecule has 20 heteroatoms. The second-order valence-corrected chi connectivity index (χ2v) is 21.5. The van der Waals surface area contributed by atoms with Crippen molar-refractivity contribution in [2.24, 2.45) is 0 Å². The minimum Gasteiger partial charge on any atom is -0.387 e. The Kier molecular flexibility index (Phi) is 11.7. The van der Waals surface area contributed by atoms with Gasteiger partial charge in [0.1, 0.15) is 8.42 Å². The summed E-state index contributed by atoms with van der Waals surface area (Å²) in [6.45, 7) is 0. The third kappa shape index (κ3) is 8.04. The minimum absolute atomic E-state index is 0.162. The molecule has 8 rings (SSSR count). The fourth-order valence-corrected chi connectivity index (χ4v) is 12.5. The number of halogens is 4. The molecule has 0 fully saturated rings. The zero-order chi connectivity index (χ0) is 41.3. The SMILES string of the molecule is O=S(=O)(O)c1cc2c(s1)Cc1c(C(O)CCCCCCCCC(O)c3nn(-c4ccc(Cl)cc4Cl)c4c3Cc3sc(S(=O)(=O)O)cc3-4)nn(-c3ccc(Cl)cc3Cl)c1-2. The van der Waals surface area contributed by atoms with Gasteiger partial charge in [-0.25, -0.2) is 9.36 Å². The van der Waals surface area contributed by atoms with Crippen molar-refractivity contribution in [3.8, 4) is 33.9 Å². The molecular weight excluding hydrogens is 911 g/mol. The first-order valence-corrected chi connectivity index (χ1v) is 24.2. The average molecular weight is 945 g/mol. The average Bonchev–Trinajstić information content (AvgIpc) is 3.97. The van der Waals surface area contributed by atoms with Crippen molar-refractivity contribution >= 4 is 89.3 Å². The van der Waals surface area contributed by atoms with Crippen molar-refractivity contribution in [1.82, 2.24) is 19.6 Å². The van der Waals surface area contributed by atoms with Gasteiger partial charge < -0.3 is 10.2 Å². The smallest absolute Gasteiger partial charge is 0.304 e. The molecule has 4 aromatic heterocycles. The summed E-state index contributed by atoms with van der Waals surface area (Å²) in [7, 11) is -8.80. The van der Waals surface area contributed by atoms with Crippen molar-refractivity contribution < 1.29 is 36.2 Å². The van der Waals surface area contributed by atoms with Gasteiger partial charge in [0, 0.05) is 54.9 Å². The molecule has 2 aliphatic rings. The van der Waals surface area contributed by atoms with E-state index in [4.69, 9.17) is 56.6 Å². The number of nitrogens with zero attached hydrogens (tertiary/aromatic N) is 4. The first-order valence-electron chi connectivity index (χ1n) is 18.2. The highest BCUT2D eigenvalue weighted by Crippen LogP contribution is 2.49. The Morgan fingerprint density at radius 2 is 0.983 bits per heavy atom. The van der Waals surface area contributed by atoms with Crippen molar-refractivity contribution in [2.75, 3.05) is 0 Å². The molecule has 2 aromatic carbocycles. The van der Waals surface area contributed by atoms with Crippen LogP contribution in [0.15, 0.2) is 56.9 Å². The van der Waals surface area contributed by atoms with Crippen molar-refractivity contribution in [3.05, 3.63) is 101 Å². The molecule has 2 unspecified atom stereocenters. The van der Waals surface area contributed by atoms with Crippen LogP contribution in [0.3, 0.4) is 0 Å². The monoisotopic (exact) mass is 942 g/mol. The van der Waals surface area contributed by atoms with E-state index in [9.17, 15) is 36.2 Å². The number of hydrogen-bond acceptors (Lipinski definition) is 10. The van der Waals surface area contributed by atoms with E-state index in [1.165, 1.54) is 12.1 Å². The van der Waals surface area contributed by atoms with Crippen LogP contribution in [-0.4, -0.2) is 55.7 Å². The fraction of sp³-hybridized carbons (Fsp3) is 0.316. The van der Waals surface area contributed by atoms with Gasteiger partial charge in [-0.15, -0.1) is 22.7 Å². The van der Waals surface area contributed by atoms with E-state index in [1.54, 1.807) is 45.8 Å². The molecule has 0 amide bonds. The van der Waals surface area contributed by atoms with Crippen LogP contribution in [0.1, 0.15) is 95.8 Å². The molecule has 0 radical (unpaired) electrons. The summed E-state index contributed by atoms with van der Waals surface area (Å²) in [5.74, 6) is 0. The van der Waals surface area contributed by atoms with E-state index < -0.39 is 32.4 Å².